The average Bonchev–Trinajstić information content (AvgIpc) is 2.52. The summed E-state index contributed by atoms with van der Waals surface area (Å²) in [5.41, 5.74) is 1.67. The highest BCUT2D eigenvalue weighted by Crippen LogP contribution is 2.26. The molecule has 0 atom stereocenters. The van der Waals surface area contributed by atoms with Gasteiger partial charge in [-0.15, -0.1) is 0 Å². The fraction of sp³-hybridized carbons (Fsp3) is 0.278. The van der Waals surface area contributed by atoms with Crippen molar-refractivity contribution in [3.05, 3.63) is 59.2 Å². The molecule has 0 aliphatic carbocycles. The molecule has 5 nitrogen and oxygen atoms in total. The van der Waals surface area contributed by atoms with Crippen LogP contribution in [0.5, 0.6) is 0 Å². The van der Waals surface area contributed by atoms with Gasteiger partial charge in [0.1, 0.15) is 5.69 Å². The molecule has 2 rings (SSSR count). The number of aryl methyl sites for hydroxylation is 2. The van der Waals surface area contributed by atoms with Gasteiger partial charge in [-0.1, -0.05) is 24.3 Å². The first-order valence-electron chi connectivity index (χ1n) is 7.89. The normalized spacial score (nSPS) is 11.3. The molecule has 140 valence electrons. The summed E-state index contributed by atoms with van der Waals surface area (Å²) in [5, 5.41) is 2.72. The van der Waals surface area contributed by atoms with Crippen LogP contribution in [0, 0.1) is 25.5 Å². The number of para-hydroxylation sites is 2. The summed E-state index contributed by atoms with van der Waals surface area (Å²) >= 11 is 0. The van der Waals surface area contributed by atoms with Crippen molar-refractivity contribution in [2.45, 2.75) is 20.3 Å². The number of halogens is 2. The lowest BCUT2D eigenvalue weighted by atomic mass is 10.1. The van der Waals surface area contributed by atoms with Gasteiger partial charge in [0, 0.05) is 18.7 Å². The molecule has 0 aromatic heterocycles. The Morgan fingerprint density at radius 3 is 2.04 bits per heavy atom. The van der Waals surface area contributed by atoms with E-state index in [-0.39, 0.29) is 13.0 Å². The van der Waals surface area contributed by atoms with Gasteiger partial charge in [-0.3, -0.25) is 9.10 Å². The minimum atomic E-state index is -3.97. The molecule has 2 aromatic rings. The van der Waals surface area contributed by atoms with Gasteiger partial charge >= 0.3 is 0 Å². The summed E-state index contributed by atoms with van der Waals surface area (Å²) in [6, 6.07) is 8.59. The summed E-state index contributed by atoms with van der Waals surface area (Å²) in [7, 11) is -3.97. The molecule has 26 heavy (non-hydrogen) atoms. The van der Waals surface area contributed by atoms with Crippen LogP contribution in [-0.4, -0.2) is 27.1 Å². The van der Waals surface area contributed by atoms with Crippen molar-refractivity contribution >= 4 is 27.3 Å². The number of anilines is 2. The van der Waals surface area contributed by atoms with E-state index in [1.54, 1.807) is 0 Å². The number of nitrogens with one attached hydrogen (secondary N) is 1. The summed E-state index contributed by atoms with van der Waals surface area (Å²) in [6.07, 6.45) is 0.580. The van der Waals surface area contributed by atoms with E-state index >= 15 is 0 Å². The van der Waals surface area contributed by atoms with Crippen LogP contribution in [0.2, 0.25) is 0 Å². The van der Waals surface area contributed by atoms with Gasteiger partial charge in [-0.25, -0.2) is 17.2 Å². The summed E-state index contributed by atoms with van der Waals surface area (Å²) in [5.74, 6) is -2.47. The zero-order valence-corrected chi connectivity index (χ0v) is 15.5. The molecule has 1 amide bonds. The molecule has 0 aliphatic rings. The van der Waals surface area contributed by atoms with E-state index in [9.17, 15) is 22.0 Å². The average molecular weight is 382 g/mol. The zero-order chi connectivity index (χ0) is 19.5. The van der Waals surface area contributed by atoms with Crippen molar-refractivity contribution in [3.8, 4) is 0 Å². The minimum Gasteiger partial charge on any atom is -0.326 e. The Balaban J connectivity index is 2.20. The molecule has 0 radical (unpaired) electrons. The first kappa shape index (κ1) is 19.8. The lowest BCUT2D eigenvalue weighted by molar-refractivity contribution is -0.116. The van der Waals surface area contributed by atoms with Crippen LogP contribution in [0.15, 0.2) is 36.4 Å². The third kappa shape index (κ3) is 4.57. The molecule has 0 unspecified atom stereocenters. The molecule has 0 spiro atoms. The third-order valence-electron chi connectivity index (χ3n) is 3.87. The van der Waals surface area contributed by atoms with Crippen molar-refractivity contribution < 1.29 is 22.0 Å². The Hall–Kier alpha value is -2.48. The number of amides is 1. The molecule has 0 bridgehead atoms. The maximum atomic E-state index is 14.0. The van der Waals surface area contributed by atoms with Gasteiger partial charge in [-0.05, 0) is 37.1 Å². The van der Waals surface area contributed by atoms with E-state index in [1.165, 1.54) is 0 Å². The van der Waals surface area contributed by atoms with Crippen molar-refractivity contribution in [2.75, 3.05) is 22.4 Å². The highest BCUT2D eigenvalue weighted by Gasteiger charge is 2.25. The standard InChI is InChI=1S/C18H20F2N2O3S/c1-12-6-4-7-13(2)17(12)21-16(23)10-11-22(26(3,24)25)18-14(19)8-5-9-15(18)20/h4-9H,10-11H2,1-3H3,(H,21,23). The lowest BCUT2D eigenvalue weighted by Crippen LogP contribution is -2.34. The summed E-state index contributed by atoms with van der Waals surface area (Å²) in [4.78, 5) is 12.2. The van der Waals surface area contributed by atoms with Crippen LogP contribution in [-0.2, 0) is 14.8 Å². The molecule has 0 aliphatic heterocycles. The third-order valence-corrected chi connectivity index (χ3v) is 5.04. The Labute approximate surface area is 151 Å². The van der Waals surface area contributed by atoms with Crippen LogP contribution in [0.3, 0.4) is 0 Å². The van der Waals surface area contributed by atoms with Crippen LogP contribution >= 0.6 is 0 Å². The first-order valence-corrected chi connectivity index (χ1v) is 9.74. The zero-order valence-electron chi connectivity index (χ0n) is 14.7. The maximum Gasteiger partial charge on any atom is 0.232 e. The molecule has 0 fully saturated rings. The quantitative estimate of drug-likeness (QED) is 0.833. The number of sulfonamides is 1. The summed E-state index contributed by atoms with van der Waals surface area (Å²) < 4.78 is 52.4. The maximum absolute atomic E-state index is 14.0. The number of benzene rings is 2. The van der Waals surface area contributed by atoms with Gasteiger partial charge < -0.3 is 5.32 Å². The fourth-order valence-corrected chi connectivity index (χ4v) is 3.52. The molecule has 0 heterocycles. The predicted octanol–water partition coefficient (Wildman–Crippen LogP) is 3.38. The van der Waals surface area contributed by atoms with E-state index in [4.69, 9.17) is 0 Å². The van der Waals surface area contributed by atoms with Crippen LogP contribution < -0.4 is 9.62 Å². The molecule has 1 N–H and O–H groups in total. The van der Waals surface area contributed by atoms with Crippen LogP contribution in [0.25, 0.3) is 0 Å². The van der Waals surface area contributed by atoms with E-state index < -0.39 is 33.3 Å². The highest BCUT2D eigenvalue weighted by molar-refractivity contribution is 7.92. The van der Waals surface area contributed by atoms with E-state index in [2.05, 4.69) is 5.32 Å². The predicted molar refractivity (Wildman–Crippen MR) is 97.7 cm³/mol. The second kappa shape index (κ2) is 7.82. The first-order chi connectivity index (χ1) is 12.1. The highest BCUT2D eigenvalue weighted by atomic mass is 32.2. The Morgan fingerprint density at radius 1 is 1.04 bits per heavy atom. The monoisotopic (exact) mass is 382 g/mol. The number of rotatable bonds is 6. The van der Waals surface area contributed by atoms with Crippen molar-refractivity contribution in [3.63, 3.8) is 0 Å². The lowest BCUT2D eigenvalue weighted by Gasteiger charge is -2.23. The van der Waals surface area contributed by atoms with Gasteiger partial charge in [0.25, 0.3) is 0 Å². The van der Waals surface area contributed by atoms with E-state index in [0.717, 1.165) is 35.6 Å². The van der Waals surface area contributed by atoms with Crippen molar-refractivity contribution in [1.29, 1.82) is 0 Å². The van der Waals surface area contributed by atoms with Crippen LogP contribution in [0.4, 0.5) is 20.2 Å². The van der Waals surface area contributed by atoms with Crippen molar-refractivity contribution in [2.24, 2.45) is 0 Å². The second-order valence-corrected chi connectivity index (χ2v) is 7.88. The number of hydrogen-bond acceptors (Lipinski definition) is 3. The van der Waals surface area contributed by atoms with Gasteiger partial charge in [-0.2, -0.15) is 0 Å². The molecule has 0 saturated heterocycles. The Kier molecular flexibility index (Phi) is 5.97. The summed E-state index contributed by atoms with van der Waals surface area (Å²) in [6.45, 7) is 3.29. The molecule has 8 heteroatoms. The topological polar surface area (TPSA) is 66.5 Å². The number of carbonyl (C=O) groups is 1. The Bertz CT molecular complexity index is 890. The molecular formula is C18H20F2N2O3S. The van der Waals surface area contributed by atoms with Crippen molar-refractivity contribution in [1.82, 2.24) is 0 Å². The number of hydrogen-bond donors (Lipinski definition) is 1. The largest absolute Gasteiger partial charge is 0.326 e. The van der Waals surface area contributed by atoms with E-state index in [1.807, 2.05) is 32.0 Å². The van der Waals surface area contributed by atoms with Gasteiger partial charge in [0.05, 0.1) is 6.26 Å². The molecule has 2 aromatic carbocycles. The minimum absolute atomic E-state index is 0.255. The van der Waals surface area contributed by atoms with Gasteiger partial charge in [0.2, 0.25) is 15.9 Å². The smallest absolute Gasteiger partial charge is 0.232 e. The fourth-order valence-electron chi connectivity index (χ4n) is 2.59. The SMILES string of the molecule is Cc1cccc(C)c1NC(=O)CCN(c1c(F)cccc1F)S(C)(=O)=O. The number of nitrogens with zero attached hydrogens (tertiary/aromatic N) is 1. The van der Waals surface area contributed by atoms with Crippen LogP contribution in [0.1, 0.15) is 17.5 Å². The van der Waals surface area contributed by atoms with E-state index in [0.29, 0.717) is 9.99 Å². The molecular weight excluding hydrogens is 362 g/mol. The second-order valence-electron chi connectivity index (χ2n) is 5.97. The number of carbonyl (C=O) groups excluding carboxylic acids is 1. The molecule has 0 saturated carbocycles. The Morgan fingerprint density at radius 2 is 1.54 bits per heavy atom. The van der Waals surface area contributed by atoms with Gasteiger partial charge in [0.15, 0.2) is 11.6 Å².